The van der Waals surface area contributed by atoms with E-state index < -0.39 is 12.0 Å². The number of benzene rings is 1. The van der Waals surface area contributed by atoms with Gasteiger partial charge in [-0.05, 0) is 17.7 Å². The minimum atomic E-state index is -1.04. The Morgan fingerprint density at radius 3 is 3.07 bits per heavy atom. The third-order valence-corrected chi connectivity index (χ3v) is 2.07. The lowest BCUT2D eigenvalue weighted by molar-refractivity contribution is -0.138. The van der Waals surface area contributed by atoms with E-state index >= 15 is 0 Å². The van der Waals surface area contributed by atoms with Crippen molar-refractivity contribution in [1.82, 2.24) is 9.97 Å². The monoisotopic (exact) mass is 191 g/mol. The van der Waals surface area contributed by atoms with Gasteiger partial charge in [0, 0.05) is 0 Å². The fraction of sp³-hybridized carbons (Fsp3) is 0.111. The summed E-state index contributed by atoms with van der Waals surface area (Å²) in [4.78, 5) is 17.5. The van der Waals surface area contributed by atoms with Crippen molar-refractivity contribution in [2.45, 2.75) is 6.04 Å². The molecule has 0 bridgehead atoms. The number of carboxylic acids is 1. The second-order valence-electron chi connectivity index (χ2n) is 3.00. The topological polar surface area (TPSA) is 92.0 Å². The lowest BCUT2D eigenvalue weighted by Gasteiger charge is -2.05. The van der Waals surface area contributed by atoms with Gasteiger partial charge >= 0.3 is 5.97 Å². The molecule has 5 nitrogen and oxygen atoms in total. The molecule has 4 N–H and O–H groups in total. The van der Waals surface area contributed by atoms with Crippen molar-refractivity contribution in [2.24, 2.45) is 5.73 Å². The molecule has 0 aliphatic heterocycles. The molecule has 2 aromatic rings. The molecule has 1 aromatic heterocycles. The van der Waals surface area contributed by atoms with Crippen LogP contribution in [0.5, 0.6) is 0 Å². The summed E-state index contributed by atoms with van der Waals surface area (Å²) < 4.78 is 0. The summed E-state index contributed by atoms with van der Waals surface area (Å²) in [5.74, 6) is -1.04. The minimum absolute atomic E-state index is 0.564. The summed E-state index contributed by atoms with van der Waals surface area (Å²) in [5, 5.41) is 8.71. The second kappa shape index (κ2) is 3.12. The number of carboxylic acid groups (broad SMARTS) is 1. The maximum atomic E-state index is 10.6. The van der Waals surface area contributed by atoms with E-state index in [0.29, 0.717) is 5.56 Å². The molecule has 0 amide bonds. The molecular weight excluding hydrogens is 182 g/mol. The van der Waals surface area contributed by atoms with Crippen LogP contribution in [0.4, 0.5) is 0 Å². The number of H-pyrrole nitrogens is 1. The molecule has 0 saturated carbocycles. The molecule has 5 heteroatoms. The average molecular weight is 191 g/mol. The highest BCUT2D eigenvalue weighted by Gasteiger charge is 2.14. The molecule has 1 heterocycles. The Hall–Kier alpha value is -1.88. The van der Waals surface area contributed by atoms with Crippen molar-refractivity contribution in [1.29, 1.82) is 0 Å². The Kier molecular flexibility index (Phi) is 1.94. The summed E-state index contributed by atoms with van der Waals surface area (Å²) >= 11 is 0. The van der Waals surface area contributed by atoms with Crippen LogP contribution in [-0.2, 0) is 4.79 Å². The van der Waals surface area contributed by atoms with Crippen LogP contribution in [0.2, 0.25) is 0 Å². The largest absolute Gasteiger partial charge is 0.480 e. The SMILES string of the molecule is N[C@@H](C(=O)O)c1ccc2nc[nH]c2c1. The molecule has 1 aromatic carbocycles. The van der Waals surface area contributed by atoms with Crippen LogP contribution in [0, 0.1) is 0 Å². The number of carbonyl (C=O) groups is 1. The van der Waals surface area contributed by atoms with Gasteiger partial charge < -0.3 is 15.8 Å². The number of aromatic amines is 1. The fourth-order valence-corrected chi connectivity index (χ4v) is 1.29. The van der Waals surface area contributed by atoms with Crippen molar-refractivity contribution in [3.05, 3.63) is 30.1 Å². The third-order valence-electron chi connectivity index (χ3n) is 2.07. The van der Waals surface area contributed by atoms with Crippen LogP contribution >= 0.6 is 0 Å². The first kappa shape index (κ1) is 8.71. The maximum absolute atomic E-state index is 10.6. The lowest BCUT2D eigenvalue weighted by atomic mass is 10.1. The van der Waals surface area contributed by atoms with Crippen molar-refractivity contribution >= 4 is 17.0 Å². The predicted molar refractivity (Wildman–Crippen MR) is 50.7 cm³/mol. The van der Waals surface area contributed by atoms with E-state index in [9.17, 15) is 4.79 Å². The number of nitrogens with two attached hydrogens (primary N) is 1. The number of hydrogen-bond donors (Lipinski definition) is 3. The number of aliphatic carboxylic acids is 1. The molecule has 0 radical (unpaired) electrons. The molecule has 2 rings (SSSR count). The Morgan fingerprint density at radius 2 is 2.36 bits per heavy atom. The van der Waals surface area contributed by atoms with Gasteiger partial charge in [0.2, 0.25) is 0 Å². The molecular formula is C9H9N3O2. The number of hydrogen-bond acceptors (Lipinski definition) is 3. The molecule has 14 heavy (non-hydrogen) atoms. The summed E-state index contributed by atoms with van der Waals surface area (Å²) in [6.45, 7) is 0. The van der Waals surface area contributed by atoms with Crippen LogP contribution in [0.25, 0.3) is 11.0 Å². The smallest absolute Gasteiger partial charge is 0.325 e. The van der Waals surface area contributed by atoms with Crippen molar-refractivity contribution in [3.8, 4) is 0 Å². The minimum Gasteiger partial charge on any atom is -0.480 e. The van der Waals surface area contributed by atoms with Gasteiger partial charge in [0.25, 0.3) is 0 Å². The Bertz CT molecular complexity index is 478. The highest BCUT2D eigenvalue weighted by atomic mass is 16.4. The van der Waals surface area contributed by atoms with Crippen LogP contribution < -0.4 is 5.73 Å². The molecule has 0 saturated heterocycles. The number of rotatable bonds is 2. The van der Waals surface area contributed by atoms with Gasteiger partial charge in [0.15, 0.2) is 0 Å². The quantitative estimate of drug-likeness (QED) is 0.649. The number of fused-ring (bicyclic) bond motifs is 1. The standard InChI is InChI=1S/C9H9N3O2/c10-8(9(13)14)5-1-2-6-7(3-5)12-4-11-6/h1-4,8H,10H2,(H,11,12)(H,13,14)/t8-/m1/s1. The third kappa shape index (κ3) is 1.33. The molecule has 0 spiro atoms. The molecule has 0 unspecified atom stereocenters. The van der Waals surface area contributed by atoms with E-state index in [0.717, 1.165) is 11.0 Å². The molecule has 0 aliphatic carbocycles. The zero-order valence-corrected chi connectivity index (χ0v) is 7.27. The number of aromatic nitrogens is 2. The van der Waals surface area contributed by atoms with E-state index in [4.69, 9.17) is 10.8 Å². The second-order valence-corrected chi connectivity index (χ2v) is 3.00. The molecule has 0 fully saturated rings. The summed E-state index contributed by atoms with van der Waals surface area (Å²) in [6.07, 6.45) is 1.56. The van der Waals surface area contributed by atoms with Gasteiger partial charge in [-0.25, -0.2) is 4.98 Å². The highest BCUT2D eigenvalue weighted by molar-refractivity contribution is 5.80. The summed E-state index contributed by atoms with van der Waals surface area (Å²) in [5.41, 5.74) is 7.62. The van der Waals surface area contributed by atoms with Crippen molar-refractivity contribution in [2.75, 3.05) is 0 Å². The Labute approximate surface area is 79.6 Å². The fourth-order valence-electron chi connectivity index (χ4n) is 1.29. The van der Waals surface area contributed by atoms with E-state index in [1.165, 1.54) is 0 Å². The Balaban J connectivity index is 2.48. The predicted octanol–water partition coefficient (Wildman–Crippen LogP) is 0.647. The van der Waals surface area contributed by atoms with E-state index in [1.54, 1.807) is 24.5 Å². The zero-order valence-electron chi connectivity index (χ0n) is 7.27. The summed E-state index contributed by atoms with van der Waals surface area (Å²) in [6, 6.07) is 4.12. The van der Waals surface area contributed by atoms with Gasteiger partial charge in [-0.1, -0.05) is 6.07 Å². The number of nitrogens with one attached hydrogen (secondary N) is 1. The van der Waals surface area contributed by atoms with Crippen LogP contribution in [0.3, 0.4) is 0 Å². The van der Waals surface area contributed by atoms with Crippen LogP contribution in [0.15, 0.2) is 24.5 Å². The average Bonchev–Trinajstić information content (AvgIpc) is 2.62. The molecule has 1 atom stereocenters. The van der Waals surface area contributed by atoms with E-state index in [2.05, 4.69) is 9.97 Å². The molecule has 72 valence electrons. The highest BCUT2D eigenvalue weighted by Crippen LogP contribution is 2.16. The van der Waals surface area contributed by atoms with Gasteiger partial charge in [0.05, 0.1) is 17.4 Å². The van der Waals surface area contributed by atoms with Crippen LogP contribution in [-0.4, -0.2) is 21.0 Å². The maximum Gasteiger partial charge on any atom is 0.325 e. The first-order valence-corrected chi connectivity index (χ1v) is 4.10. The number of nitrogens with zero attached hydrogens (tertiary/aromatic N) is 1. The first-order chi connectivity index (χ1) is 6.68. The van der Waals surface area contributed by atoms with Gasteiger partial charge in [-0.15, -0.1) is 0 Å². The van der Waals surface area contributed by atoms with Crippen LogP contribution in [0.1, 0.15) is 11.6 Å². The zero-order chi connectivity index (χ0) is 10.1. The Morgan fingerprint density at radius 1 is 1.57 bits per heavy atom. The normalized spacial score (nSPS) is 12.9. The van der Waals surface area contributed by atoms with E-state index in [1.807, 2.05) is 0 Å². The number of imidazole rings is 1. The van der Waals surface area contributed by atoms with Gasteiger partial charge in [-0.2, -0.15) is 0 Å². The first-order valence-electron chi connectivity index (χ1n) is 4.10. The van der Waals surface area contributed by atoms with Gasteiger partial charge in [-0.3, -0.25) is 4.79 Å². The summed E-state index contributed by atoms with van der Waals surface area (Å²) in [7, 11) is 0. The van der Waals surface area contributed by atoms with Crippen molar-refractivity contribution in [3.63, 3.8) is 0 Å². The van der Waals surface area contributed by atoms with E-state index in [-0.39, 0.29) is 0 Å². The van der Waals surface area contributed by atoms with Gasteiger partial charge in [0.1, 0.15) is 6.04 Å². The lowest BCUT2D eigenvalue weighted by Crippen LogP contribution is -2.20. The van der Waals surface area contributed by atoms with Crippen molar-refractivity contribution < 1.29 is 9.90 Å². The molecule has 0 aliphatic rings.